The first-order chi connectivity index (χ1) is 15.4. The van der Waals surface area contributed by atoms with Gasteiger partial charge in [-0.1, -0.05) is 86.6 Å². The van der Waals surface area contributed by atoms with E-state index in [4.69, 9.17) is 0 Å². The highest BCUT2D eigenvalue weighted by molar-refractivity contribution is 5.97. The molecule has 2 atom stereocenters. The minimum atomic E-state index is -0.673. The van der Waals surface area contributed by atoms with Gasteiger partial charge in [-0.2, -0.15) is 0 Å². The van der Waals surface area contributed by atoms with Crippen LogP contribution in [0, 0.1) is 5.92 Å². The molecule has 0 fully saturated rings. The van der Waals surface area contributed by atoms with Crippen molar-refractivity contribution in [2.45, 2.75) is 45.7 Å². The molecule has 4 heteroatoms. The van der Waals surface area contributed by atoms with Crippen LogP contribution >= 0.6 is 0 Å². The molecule has 166 valence electrons. The van der Waals surface area contributed by atoms with E-state index >= 15 is 0 Å². The maximum absolute atomic E-state index is 13.2. The van der Waals surface area contributed by atoms with Crippen LogP contribution in [-0.4, -0.2) is 17.9 Å². The number of hydrogen-bond donors (Lipinski definition) is 2. The van der Waals surface area contributed by atoms with Crippen LogP contribution in [0.15, 0.2) is 84.9 Å². The molecule has 0 saturated carbocycles. The molecule has 0 heterocycles. The molecule has 2 amide bonds. The number of benzene rings is 3. The number of amides is 2. The summed E-state index contributed by atoms with van der Waals surface area (Å²) in [5.74, 6) is 0.147. The number of rotatable bonds is 9. The molecule has 0 aliphatic rings. The third-order valence-corrected chi connectivity index (χ3v) is 5.42. The average molecular weight is 429 g/mol. The van der Waals surface area contributed by atoms with Crippen LogP contribution in [-0.2, 0) is 17.6 Å². The third kappa shape index (κ3) is 6.81. The Morgan fingerprint density at radius 1 is 0.688 bits per heavy atom. The maximum Gasteiger partial charge on any atom is 0.251 e. The monoisotopic (exact) mass is 428 g/mol. The van der Waals surface area contributed by atoms with Gasteiger partial charge < -0.3 is 10.6 Å². The smallest absolute Gasteiger partial charge is 0.251 e. The van der Waals surface area contributed by atoms with Gasteiger partial charge >= 0.3 is 0 Å². The topological polar surface area (TPSA) is 58.2 Å². The lowest BCUT2D eigenvalue weighted by Gasteiger charge is -2.22. The summed E-state index contributed by atoms with van der Waals surface area (Å²) in [4.78, 5) is 25.9. The number of carbonyl (C=O) groups excluding carboxylic acids is 2. The molecule has 0 unspecified atom stereocenters. The van der Waals surface area contributed by atoms with Gasteiger partial charge in [-0.05, 0) is 48.1 Å². The van der Waals surface area contributed by atoms with Gasteiger partial charge in [0.05, 0.1) is 6.04 Å². The fourth-order valence-corrected chi connectivity index (χ4v) is 3.70. The van der Waals surface area contributed by atoms with Gasteiger partial charge in [0, 0.05) is 12.0 Å². The van der Waals surface area contributed by atoms with Crippen molar-refractivity contribution in [1.29, 1.82) is 0 Å². The molecule has 4 nitrogen and oxygen atoms in total. The summed E-state index contributed by atoms with van der Waals surface area (Å²) in [6.45, 7) is 6.37. The van der Waals surface area contributed by atoms with Gasteiger partial charge in [0.2, 0.25) is 5.91 Å². The summed E-state index contributed by atoms with van der Waals surface area (Å²) < 4.78 is 0. The molecular formula is C28H32N2O2. The zero-order valence-corrected chi connectivity index (χ0v) is 19.0. The van der Waals surface area contributed by atoms with Crippen molar-refractivity contribution in [3.8, 4) is 0 Å². The highest BCUT2D eigenvalue weighted by Crippen LogP contribution is 2.16. The molecule has 32 heavy (non-hydrogen) atoms. The molecular weight excluding hydrogens is 396 g/mol. The molecule has 3 aromatic rings. The Labute approximate surface area is 191 Å². The molecule has 2 N–H and O–H groups in total. The first-order valence-electron chi connectivity index (χ1n) is 11.2. The number of carbonyl (C=O) groups is 2. The fourth-order valence-electron chi connectivity index (χ4n) is 3.70. The molecule has 0 aliphatic heterocycles. The van der Waals surface area contributed by atoms with E-state index in [2.05, 4.69) is 48.7 Å². The van der Waals surface area contributed by atoms with E-state index in [1.165, 1.54) is 5.56 Å². The predicted molar refractivity (Wildman–Crippen MR) is 129 cm³/mol. The summed E-state index contributed by atoms with van der Waals surface area (Å²) in [6.07, 6.45) is 1.46. The van der Waals surface area contributed by atoms with Crippen LogP contribution in [0.3, 0.4) is 0 Å². The second-order valence-corrected chi connectivity index (χ2v) is 8.65. The predicted octanol–water partition coefficient (Wildman–Crippen LogP) is 5.10. The quantitative estimate of drug-likeness (QED) is 0.498. The van der Waals surface area contributed by atoms with Gasteiger partial charge in [0.15, 0.2) is 0 Å². The van der Waals surface area contributed by atoms with Crippen LogP contribution < -0.4 is 10.6 Å². The largest absolute Gasteiger partial charge is 0.348 e. The van der Waals surface area contributed by atoms with E-state index in [-0.39, 0.29) is 17.9 Å². The van der Waals surface area contributed by atoms with Crippen LogP contribution in [0.5, 0.6) is 0 Å². The van der Waals surface area contributed by atoms with Crippen molar-refractivity contribution in [1.82, 2.24) is 10.6 Å². The van der Waals surface area contributed by atoms with Crippen molar-refractivity contribution in [3.63, 3.8) is 0 Å². The standard InChI is InChI=1S/C28H32N2O2/c1-20(2)18-23-14-16-24(17-15-23)21(3)29-28(32)26(19-22-10-6-4-7-11-22)30-27(31)25-12-8-5-9-13-25/h4-17,20-21,26H,18-19H2,1-3H3,(H,29,32)(H,30,31)/t21-,26+/m0/s1. The summed E-state index contributed by atoms with van der Waals surface area (Å²) in [5.41, 5.74) is 3.86. The zero-order chi connectivity index (χ0) is 22.9. The highest BCUT2D eigenvalue weighted by atomic mass is 16.2. The summed E-state index contributed by atoms with van der Waals surface area (Å²) >= 11 is 0. The van der Waals surface area contributed by atoms with Gasteiger partial charge in [0.25, 0.3) is 5.91 Å². The minimum Gasteiger partial charge on any atom is -0.348 e. The fraction of sp³-hybridized carbons (Fsp3) is 0.286. The van der Waals surface area contributed by atoms with Gasteiger partial charge in [0.1, 0.15) is 6.04 Å². The number of hydrogen-bond acceptors (Lipinski definition) is 2. The van der Waals surface area contributed by atoms with Crippen LogP contribution in [0.2, 0.25) is 0 Å². The van der Waals surface area contributed by atoms with Crippen molar-refractivity contribution >= 4 is 11.8 Å². The molecule has 0 spiro atoms. The molecule has 0 saturated heterocycles. The summed E-state index contributed by atoms with van der Waals surface area (Å²) in [6, 6.07) is 26.2. The lowest BCUT2D eigenvalue weighted by atomic mass is 9.99. The van der Waals surface area contributed by atoms with E-state index in [1.807, 2.05) is 55.5 Å². The van der Waals surface area contributed by atoms with Crippen molar-refractivity contribution in [2.24, 2.45) is 5.92 Å². The van der Waals surface area contributed by atoms with E-state index in [1.54, 1.807) is 12.1 Å². The van der Waals surface area contributed by atoms with Crippen LogP contribution in [0.1, 0.15) is 53.9 Å². The second-order valence-electron chi connectivity index (χ2n) is 8.65. The normalized spacial score (nSPS) is 12.8. The van der Waals surface area contributed by atoms with Crippen LogP contribution in [0.25, 0.3) is 0 Å². The van der Waals surface area contributed by atoms with E-state index in [0.29, 0.717) is 17.9 Å². The Morgan fingerprint density at radius 3 is 1.84 bits per heavy atom. The minimum absolute atomic E-state index is 0.164. The van der Waals surface area contributed by atoms with E-state index < -0.39 is 6.04 Å². The molecule has 0 aliphatic carbocycles. The third-order valence-electron chi connectivity index (χ3n) is 5.42. The van der Waals surface area contributed by atoms with Crippen molar-refractivity contribution in [3.05, 3.63) is 107 Å². The first-order valence-corrected chi connectivity index (χ1v) is 11.2. The van der Waals surface area contributed by atoms with E-state index in [0.717, 1.165) is 17.5 Å². The second kappa shape index (κ2) is 11.3. The Balaban J connectivity index is 1.71. The van der Waals surface area contributed by atoms with Gasteiger partial charge in [-0.15, -0.1) is 0 Å². The SMILES string of the molecule is CC(C)Cc1ccc([C@H](C)NC(=O)[C@@H](Cc2ccccc2)NC(=O)c2ccccc2)cc1. The molecule has 3 rings (SSSR count). The molecule has 0 aromatic heterocycles. The lowest BCUT2D eigenvalue weighted by Crippen LogP contribution is -2.48. The van der Waals surface area contributed by atoms with Crippen molar-refractivity contribution in [2.75, 3.05) is 0 Å². The maximum atomic E-state index is 13.2. The van der Waals surface area contributed by atoms with E-state index in [9.17, 15) is 9.59 Å². The lowest BCUT2D eigenvalue weighted by molar-refractivity contribution is -0.123. The summed E-state index contributed by atoms with van der Waals surface area (Å²) in [7, 11) is 0. The Bertz CT molecular complexity index is 999. The average Bonchev–Trinajstić information content (AvgIpc) is 2.80. The van der Waals surface area contributed by atoms with Crippen molar-refractivity contribution < 1.29 is 9.59 Å². The molecule has 0 bridgehead atoms. The number of nitrogens with one attached hydrogen (secondary N) is 2. The summed E-state index contributed by atoms with van der Waals surface area (Å²) in [5, 5.41) is 6.00. The molecule has 0 radical (unpaired) electrons. The Morgan fingerprint density at radius 2 is 1.25 bits per heavy atom. The van der Waals surface area contributed by atoms with Crippen LogP contribution in [0.4, 0.5) is 0 Å². The Kier molecular flexibility index (Phi) is 8.20. The van der Waals surface area contributed by atoms with Gasteiger partial charge in [-0.25, -0.2) is 0 Å². The molecule has 3 aromatic carbocycles. The van der Waals surface area contributed by atoms with Gasteiger partial charge in [-0.3, -0.25) is 9.59 Å². The highest BCUT2D eigenvalue weighted by Gasteiger charge is 2.23. The first kappa shape index (κ1) is 23.3. The zero-order valence-electron chi connectivity index (χ0n) is 19.0. The Hall–Kier alpha value is -3.40.